The Morgan fingerprint density at radius 2 is 0.986 bits per heavy atom. The van der Waals surface area contributed by atoms with Crippen LogP contribution in [-0.4, -0.2) is 104 Å². The monoisotopic (exact) mass is 964 g/mol. The maximum Gasteiger partial charge on any atom is 0.407 e. The summed E-state index contributed by atoms with van der Waals surface area (Å²) in [4.78, 5) is 73.4. The lowest BCUT2D eigenvalue weighted by molar-refractivity contribution is -0.139. The highest BCUT2D eigenvalue weighted by atomic mass is 19.3. The number of methoxy groups -OCH3 is 2. The Balaban J connectivity index is 0.762. The Kier molecular flexibility index (Phi) is 11.6. The lowest BCUT2D eigenvalue weighted by Gasteiger charge is -2.37. The van der Waals surface area contributed by atoms with Crippen molar-refractivity contribution in [3.63, 3.8) is 0 Å². The Morgan fingerprint density at radius 3 is 1.44 bits per heavy atom. The van der Waals surface area contributed by atoms with Gasteiger partial charge in [-0.25, -0.2) is 37.1 Å². The molecule has 0 radical (unpaired) electrons. The molecule has 6 fully saturated rings. The van der Waals surface area contributed by atoms with Crippen LogP contribution in [0.4, 0.5) is 27.2 Å². The number of alkyl halides is 4. The maximum absolute atomic E-state index is 14.3. The number of nitrogens with one attached hydrogen (secondary N) is 4. The summed E-state index contributed by atoms with van der Waals surface area (Å²) in [6, 6.07) is 18.0. The number of rotatable bonds is 11. The molecule has 4 amide bonds. The van der Waals surface area contributed by atoms with E-state index >= 15 is 0 Å². The van der Waals surface area contributed by atoms with E-state index in [1.807, 2.05) is 28.0 Å². The van der Waals surface area contributed by atoms with Crippen LogP contribution in [0.1, 0.15) is 101 Å². The van der Waals surface area contributed by atoms with Gasteiger partial charge in [0, 0.05) is 43.3 Å². The summed E-state index contributed by atoms with van der Waals surface area (Å²) in [7, 11) is 2.44. The molecule has 4 N–H and O–H groups in total. The van der Waals surface area contributed by atoms with E-state index in [9.17, 15) is 36.7 Å². The van der Waals surface area contributed by atoms with Gasteiger partial charge in [-0.3, -0.25) is 9.59 Å². The Morgan fingerprint density at radius 1 is 0.586 bits per heavy atom. The molecule has 0 bridgehead atoms. The Bertz CT molecular complexity index is 2810. The molecule has 0 spiro atoms. The number of imidazole rings is 2. The highest BCUT2D eigenvalue weighted by Crippen LogP contribution is 2.55. The number of fused-ring (bicyclic) bond motifs is 3. The van der Waals surface area contributed by atoms with Crippen molar-refractivity contribution in [3.05, 3.63) is 84.7 Å². The van der Waals surface area contributed by atoms with E-state index < -0.39 is 48.0 Å². The Labute approximate surface area is 401 Å². The number of aromatic nitrogens is 4. The van der Waals surface area contributed by atoms with Gasteiger partial charge in [-0.15, -0.1) is 0 Å². The number of ether oxygens (including phenoxy) is 2. The number of piperidine rings is 2. The predicted molar refractivity (Wildman–Crippen MR) is 249 cm³/mol. The zero-order valence-corrected chi connectivity index (χ0v) is 38.9. The molecular formula is C52H56F4N8O6. The highest BCUT2D eigenvalue weighted by molar-refractivity contribution is 5.91. The molecule has 4 saturated carbocycles. The first-order valence-corrected chi connectivity index (χ1v) is 24.5. The summed E-state index contributed by atoms with van der Waals surface area (Å²) >= 11 is 0. The van der Waals surface area contributed by atoms with Gasteiger partial charge < -0.3 is 39.9 Å². The summed E-state index contributed by atoms with van der Waals surface area (Å²) < 4.78 is 66.1. The number of likely N-dealkylation sites (tertiary alicyclic amines) is 2. The number of hydrogen-bond acceptors (Lipinski definition) is 8. The standard InChI is InChI=1S/C52H56F4N8O6/c1-69-49(67)61-43(29-11-15-51(53,54)16-12-29)47(65)63-39-21-35(39)23-41(63)45-57-25-37(59-45)28-5-3-27(4-6-28)31-7-8-33-20-34(10-9-32(33)19-31)38-26-58-46(60-38)42-24-36-22-40(36)64(42)48(66)44(62-50(68)70-2)30-13-17-52(55,56)18-14-30/h3-10,19-20,25-26,29-30,35-36,39-44H,11-18,21-24H2,1-2H3,(H,57,59)(H,58,60)(H,61,67)(H,62,68)/t35-,36-,39-,40-,41+,42+,43+,44+/m1/s1. The molecule has 4 heterocycles. The molecule has 3 aromatic carbocycles. The van der Waals surface area contributed by atoms with Gasteiger partial charge in [-0.05, 0) is 115 Å². The van der Waals surface area contributed by atoms with Gasteiger partial charge in [0.1, 0.15) is 23.7 Å². The smallest absolute Gasteiger partial charge is 0.407 e. The molecule has 14 nitrogen and oxygen atoms in total. The molecule has 2 saturated heterocycles. The van der Waals surface area contributed by atoms with E-state index in [2.05, 4.69) is 63.1 Å². The van der Waals surface area contributed by atoms with E-state index in [4.69, 9.17) is 19.4 Å². The molecule has 11 rings (SSSR count). The van der Waals surface area contributed by atoms with Crippen LogP contribution in [0.25, 0.3) is 44.4 Å². The third-order valence-corrected chi connectivity index (χ3v) is 16.1. The maximum atomic E-state index is 14.3. The van der Waals surface area contributed by atoms with Crippen molar-refractivity contribution >= 4 is 34.8 Å². The minimum absolute atomic E-state index is 0.00950. The first kappa shape index (κ1) is 46.0. The van der Waals surface area contributed by atoms with Gasteiger partial charge in [-0.1, -0.05) is 48.5 Å². The van der Waals surface area contributed by atoms with Gasteiger partial charge in [0.25, 0.3) is 0 Å². The van der Waals surface area contributed by atoms with Gasteiger partial charge in [0.15, 0.2) is 0 Å². The zero-order chi connectivity index (χ0) is 48.6. The van der Waals surface area contributed by atoms with Gasteiger partial charge in [0.05, 0.1) is 50.1 Å². The molecule has 5 aromatic rings. The number of H-pyrrole nitrogens is 2. The van der Waals surface area contributed by atoms with Crippen molar-refractivity contribution in [3.8, 4) is 33.6 Å². The van der Waals surface area contributed by atoms with Crippen LogP contribution < -0.4 is 10.6 Å². The van der Waals surface area contributed by atoms with Gasteiger partial charge >= 0.3 is 12.2 Å². The van der Waals surface area contributed by atoms with E-state index in [0.717, 1.165) is 70.1 Å². The van der Waals surface area contributed by atoms with Crippen molar-refractivity contribution < 1.29 is 46.2 Å². The largest absolute Gasteiger partial charge is 0.453 e. The summed E-state index contributed by atoms with van der Waals surface area (Å²) in [6.45, 7) is 0. The van der Waals surface area contributed by atoms with Crippen molar-refractivity contribution in [1.29, 1.82) is 0 Å². The SMILES string of the molecule is COC(=O)N[C@H](C(=O)N1[C@@H]2C[C@@H]2C[C@H]1c1ncc(-c2ccc(-c3ccc4cc(-c5cnc([C@@H]6C[C@H]7C[C@H]7N6C(=O)[C@@H](NC(=O)OC)C6CCC(F)(F)CC6)[nH]5)ccc4c3)cc2)[nH]1)C1CCC(F)(F)CC1. The van der Waals surface area contributed by atoms with Crippen LogP contribution in [-0.2, 0) is 19.1 Å². The second-order valence-electron chi connectivity index (χ2n) is 20.5. The number of aromatic amines is 2. The minimum Gasteiger partial charge on any atom is -0.453 e. The van der Waals surface area contributed by atoms with E-state index in [-0.39, 0.29) is 87.3 Å². The van der Waals surface area contributed by atoms with Crippen LogP contribution in [0, 0.1) is 23.7 Å². The summed E-state index contributed by atoms with van der Waals surface area (Å²) in [5.41, 5.74) is 5.47. The number of benzene rings is 3. The summed E-state index contributed by atoms with van der Waals surface area (Å²) in [5, 5.41) is 7.44. The fourth-order valence-electron chi connectivity index (χ4n) is 12.0. The molecule has 18 heteroatoms. The molecule has 2 aromatic heterocycles. The normalized spacial score (nSPS) is 26.5. The fraction of sp³-hybridized carbons (Fsp3) is 0.500. The van der Waals surface area contributed by atoms with Gasteiger partial charge in [0.2, 0.25) is 23.7 Å². The van der Waals surface area contributed by atoms with E-state index in [1.165, 1.54) is 14.2 Å². The predicted octanol–water partition coefficient (Wildman–Crippen LogP) is 9.71. The number of alkyl carbamates (subject to hydrolysis) is 2. The van der Waals surface area contributed by atoms with Crippen LogP contribution in [0.2, 0.25) is 0 Å². The van der Waals surface area contributed by atoms with Crippen molar-refractivity contribution in [2.45, 2.75) is 125 Å². The fourth-order valence-corrected chi connectivity index (χ4v) is 12.0. The summed E-state index contributed by atoms with van der Waals surface area (Å²) in [6.07, 6.45) is 4.37. The van der Waals surface area contributed by atoms with Gasteiger partial charge in [-0.2, -0.15) is 0 Å². The number of amides is 4. The third-order valence-electron chi connectivity index (χ3n) is 16.1. The minimum atomic E-state index is -2.77. The highest BCUT2D eigenvalue weighted by Gasteiger charge is 2.58. The second kappa shape index (κ2) is 17.7. The van der Waals surface area contributed by atoms with Crippen molar-refractivity contribution in [2.75, 3.05) is 14.2 Å². The molecule has 0 unspecified atom stereocenters. The zero-order valence-electron chi connectivity index (χ0n) is 38.9. The van der Waals surface area contributed by atoms with Crippen LogP contribution in [0.3, 0.4) is 0 Å². The number of halogens is 4. The first-order valence-electron chi connectivity index (χ1n) is 24.5. The van der Waals surface area contributed by atoms with Crippen LogP contribution in [0.5, 0.6) is 0 Å². The topological polar surface area (TPSA) is 175 Å². The number of hydrogen-bond donors (Lipinski definition) is 4. The third kappa shape index (κ3) is 8.86. The number of carbonyl (C=O) groups is 4. The average molecular weight is 965 g/mol. The second-order valence-corrected chi connectivity index (χ2v) is 20.5. The quantitative estimate of drug-likeness (QED) is 0.0947. The molecular weight excluding hydrogens is 909 g/mol. The average Bonchev–Trinajstić information content (AvgIpc) is 3.94. The molecule has 4 aliphatic carbocycles. The molecule has 8 atom stereocenters. The molecule has 6 aliphatic rings. The number of carbonyl (C=O) groups excluding carboxylic acids is 4. The molecule has 2 aliphatic heterocycles. The number of nitrogens with zero attached hydrogens (tertiary/aromatic N) is 4. The van der Waals surface area contributed by atoms with E-state index in [1.54, 1.807) is 12.4 Å². The summed E-state index contributed by atoms with van der Waals surface area (Å²) in [5.74, 6) is -5.05. The lowest BCUT2D eigenvalue weighted by Crippen LogP contribution is -2.54. The Hall–Kier alpha value is -6.46. The van der Waals surface area contributed by atoms with Crippen molar-refractivity contribution in [1.82, 2.24) is 40.4 Å². The van der Waals surface area contributed by atoms with Crippen LogP contribution >= 0.6 is 0 Å². The first-order chi connectivity index (χ1) is 33.7. The van der Waals surface area contributed by atoms with Crippen molar-refractivity contribution in [2.24, 2.45) is 23.7 Å². The molecule has 368 valence electrons. The molecule has 70 heavy (non-hydrogen) atoms. The van der Waals surface area contributed by atoms with E-state index in [0.29, 0.717) is 23.5 Å². The lowest BCUT2D eigenvalue weighted by atomic mass is 9.81. The van der Waals surface area contributed by atoms with Crippen LogP contribution in [0.15, 0.2) is 73.1 Å².